The van der Waals surface area contributed by atoms with E-state index >= 15 is 0 Å². The highest BCUT2D eigenvalue weighted by Crippen LogP contribution is 2.32. The van der Waals surface area contributed by atoms with Crippen LogP contribution in [0.5, 0.6) is 0 Å². The molecule has 6 heteroatoms. The van der Waals surface area contributed by atoms with Crippen molar-refractivity contribution < 1.29 is 18.8 Å². The van der Waals surface area contributed by atoms with Crippen molar-refractivity contribution in [3.05, 3.63) is 89.4 Å². The summed E-state index contributed by atoms with van der Waals surface area (Å²) in [5.74, 6) is -0.247. The van der Waals surface area contributed by atoms with Crippen LogP contribution >= 0.6 is 0 Å². The van der Waals surface area contributed by atoms with E-state index in [0.717, 1.165) is 31.2 Å². The molecule has 35 heavy (non-hydrogen) atoms. The van der Waals surface area contributed by atoms with E-state index in [9.17, 15) is 14.4 Å². The highest BCUT2D eigenvalue weighted by molar-refractivity contribution is 6.09. The van der Waals surface area contributed by atoms with Gasteiger partial charge in [-0.1, -0.05) is 51.0 Å². The van der Waals surface area contributed by atoms with Gasteiger partial charge in [-0.15, -0.1) is 0 Å². The summed E-state index contributed by atoms with van der Waals surface area (Å²) in [4.78, 5) is 40.8. The van der Waals surface area contributed by atoms with Gasteiger partial charge in [0.1, 0.15) is 6.04 Å². The van der Waals surface area contributed by atoms with Gasteiger partial charge in [-0.2, -0.15) is 0 Å². The van der Waals surface area contributed by atoms with Gasteiger partial charge >= 0.3 is 0 Å². The molecular weight excluding hydrogens is 440 g/mol. The number of nitrogens with zero attached hydrogens (tertiary/aromatic N) is 1. The average Bonchev–Trinajstić information content (AvgIpc) is 3.57. The number of furan rings is 1. The minimum Gasteiger partial charge on any atom is -0.459 e. The molecule has 0 radical (unpaired) electrons. The average molecular weight is 473 g/mol. The van der Waals surface area contributed by atoms with Gasteiger partial charge in [-0.05, 0) is 73.2 Å². The summed E-state index contributed by atoms with van der Waals surface area (Å²) in [5, 5.41) is 3.18. The molecule has 3 aromatic rings. The standard InChI is InChI=1S/C29H32N2O4/c1-19(2)21-10-12-23(13-11-21)27(28(33)30-24-7-4-5-8-24)31(29(34)26-9-6-18-35-26)25-16-14-22(15-17-25)20(3)32/h6,9-19,24,27H,4-5,7-8H2,1-3H3,(H,30,33). The molecule has 1 N–H and O–H groups in total. The predicted molar refractivity (Wildman–Crippen MR) is 136 cm³/mol. The molecule has 1 heterocycles. The Kier molecular flexibility index (Phi) is 7.49. The zero-order valence-electron chi connectivity index (χ0n) is 20.5. The lowest BCUT2D eigenvalue weighted by Gasteiger charge is -2.32. The first kappa shape index (κ1) is 24.5. The van der Waals surface area contributed by atoms with Crippen LogP contribution < -0.4 is 10.2 Å². The summed E-state index contributed by atoms with van der Waals surface area (Å²) in [6.07, 6.45) is 5.48. The zero-order valence-corrected chi connectivity index (χ0v) is 20.5. The molecule has 0 aliphatic heterocycles. The molecule has 4 rings (SSSR count). The Hall–Kier alpha value is -3.67. The highest BCUT2D eigenvalue weighted by Gasteiger charge is 2.35. The number of anilines is 1. The number of hydrogen-bond donors (Lipinski definition) is 1. The molecule has 1 fully saturated rings. The van der Waals surface area contributed by atoms with Crippen molar-refractivity contribution in [1.29, 1.82) is 0 Å². The van der Waals surface area contributed by atoms with Gasteiger partial charge in [0.2, 0.25) is 5.91 Å². The van der Waals surface area contributed by atoms with Gasteiger partial charge in [-0.25, -0.2) is 0 Å². The smallest absolute Gasteiger partial charge is 0.294 e. The van der Waals surface area contributed by atoms with E-state index in [0.29, 0.717) is 22.7 Å². The van der Waals surface area contributed by atoms with Crippen molar-refractivity contribution in [1.82, 2.24) is 5.32 Å². The quantitative estimate of drug-likeness (QED) is 0.405. The molecule has 2 aromatic carbocycles. The van der Waals surface area contributed by atoms with Crippen LogP contribution in [-0.2, 0) is 4.79 Å². The third-order valence-corrected chi connectivity index (χ3v) is 6.63. The topological polar surface area (TPSA) is 79.6 Å². The Morgan fingerprint density at radius 2 is 1.54 bits per heavy atom. The second-order valence-electron chi connectivity index (χ2n) is 9.47. The lowest BCUT2D eigenvalue weighted by molar-refractivity contribution is -0.123. The van der Waals surface area contributed by atoms with Gasteiger partial charge in [0.05, 0.1) is 6.26 Å². The van der Waals surface area contributed by atoms with Crippen LogP contribution in [-0.4, -0.2) is 23.6 Å². The van der Waals surface area contributed by atoms with Crippen molar-refractivity contribution >= 4 is 23.3 Å². The molecule has 0 spiro atoms. The van der Waals surface area contributed by atoms with E-state index in [1.165, 1.54) is 18.1 Å². The van der Waals surface area contributed by atoms with Crippen LogP contribution in [0.2, 0.25) is 0 Å². The molecule has 2 amide bonds. The number of ketones is 1. The second kappa shape index (κ2) is 10.7. The van der Waals surface area contributed by atoms with Crippen molar-refractivity contribution in [2.45, 2.75) is 64.5 Å². The van der Waals surface area contributed by atoms with E-state index in [-0.39, 0.29) is 23.5 Å². The van der Waals surface area contributed by atoms with Crippen LogP contribution in [0.4, 0.5) is 5.69 Å². The van der Waals surface area contributed by atoms with Gasteiger partial charge in [0, 0.05) is 17.3 Å². The summed E-state index contributed by atoms with van der Waals surface area (Å²) >= 11 is 0. The Labute approximate surface area is 206 Å². The van der Waals surface area contributed by atoms with Crippen molar-refractivity contribution in [3.63, 3.8) is 0 Å². The molecule has 1 aliphatic rings. The van der Waals surface area contributed by atoms with Gasteiger partial charge in [0.25, 0.3) is 5.91 Å². The van der Waals surface area contributed by atoms with Crippen LogP contribution in [0, 0.1) is 0 Å². The van der Waals surface area contributed by atoms with E-state index in [2.05, 4.69) is 19.2 Å². The van der Waals surface area contributed by atoms with E-state index < -0.39 is 11.9 Å². The maximum atomic E-state index is 13.8. The van der Waals surface area contributed by atoms with E-state index in [1.807, 2.05) is 24.3 Å². The van der Waals surface area contributed by atoms with Crippen molar-refractivity contribution in [2.24, 2.45) is 0 Å². The Morgan fingerprint density at radius 3 is 2.09 bits per heavy atom. The minimum atomic E-state index is -0.905. The molecule has 1 aromatic heterocycles. The number of amides is 2. The first-order valence-electron chi connectivity index (χ1n) is 12.2. The molecule has 182 valence electrons. The van der Waals surface area contributed by atoms with Crippen LogP contribution in [0.25, 0.3) is 0 Å². The first-order valence-corrected chi connectivity index (χ1v) is 12.2. The predicted octanol–water partition coefficient (Wildman–Crippen LogP) is 6.05. The summed E-state index contributed by atoms with van der Waals surface area (Å²) in [5.41, 5.74) is 2.90. The van der Waals surface area contributed by atoms with Gasteiger partial charge in [-0.3, -0.25) is 19.3 Å². The largest absolute Gasteiger partial charge is 0.459 e. The SMILES string of the molecule is CC(=O)c1ccc(N(C(=O)c2ccco2)C(C(=O)NC2CCCC2)c2ccc(C(C)C)cc2)cc1. The number of Topliss-reactive ketones (excluding diaryl/α,β-unsaturated/α-hetero) is 1. The fraction of sp³-hybridized carbons (Fsp3) is 0.345. The summed E-state index contributed by atoms with van der Waals surface area (Å²) in [6, 6.07) is 17.0. The number of hydrogen-bond acceptors (Lipinski definition) is 4. The number of nitrogens with one attached hydrogen (secondary N) is 1. The normalized spacial score (nSPS) is 14.6. The molecular formula is C29H32N2O4. The maximum Gasteiger partial charge on any atom is 0.294 e. The summed E-state index contributed by atoms with van der Waals surface area (Å²) < 4.78 is 5.43. The number of benzene rings is 2. The first-order chi connectivity index (χ1) is 16.8. The Morgan fingerprint density at radius 1 is 0.914 bits per heavy atom. The number of carbonyl (C=O) groups excluding carboxylic acids is 3. The van der Waals surface area contributed by atoms with Crippen LogP contribution in [0.3, 0.4) is 0 Å². The molecule has 1 aliphatic carbocycles. The zero-order chi connectivity index (χ0) is 24.9. The summed E-state index contributed by atoms with van der Waals surface area (Å²) in [6.45, 7) is 5.72. The molecule has 0 bridgehead atoms. The lowest BCUT2D eigenvalue weighted by atomic mass is 9.97. The van der Waals surface area contributed by atoms with E-state index in [1.54, 1.807) is 36.4 Å². The molecule has 1 atom stereocenters. The molecule has 0 saturated heterocycles. The number of rotatable bonds is 8. The Bertz CT molecular complexity index is 1160. The molecule has 1 saturated carbocycles. The lowest BCUT2D eigenvalue weighted by Crippen LogP contribution is -2.46. The van der Waals surface area contributed by atoms with E-state index in [4.69, 9.17) is 4.42 Å². The molecule has 6 nitrogen and oxygen atoms in total. The maximum absolute atomic E-state index is 13.8. The van der Waals surface area contributed by atoms with Crippen molar-refractivity contribution in [3.8, 4) is 0 Å². The third kappa shape index (κ3) is 5.53. The number of carbonyl (C=O) groups is 3. The fourth-order valence-electron chi connectivity index (χ4n) is 4.59. The van der Waals surface area contributed by atoms with Gasteiger partial charge < -0.3 is 9.73 Å². The monoisotopic (exact) mass is 472 g/mol. The molecule has 1 unspecified atom stereocenters. The van der Waals surface area contributed by atoms with Gasteiger partial charge in [0.15, 0.2) is 11.5 Å². The summed E-state index contributed by atoms with van der Waals surface area (Å²) in [7, 11) is 0. The third-order valence-electron chi connectivity index (χ3n) is 6.63. The van der Waals surface area contributed by atoms with Crippen LogP contribution in [0.1, 0.15) is 90.5 Å². The van der Waals surface area contributed by atoms with Crippen LogP contribution in [0.15, 0.2) is 71.3 Å². The highest BCUT2D eigenvalue weighted by atomic mass is 16.3. The second-order valence-corrected chi connectivity index (χ2v) is 9.47. The fourth-order valence-corrected chi connectivity index (χ4v) is 4.59. The van der Waals surface area contributed by atoms with Crippen molar-refractivity contribution in [2.75, 3.05) is 4.90 Å². The minimum absolute atomic E-state index is 0.0692. The Balaban J connectivity index is 1.80.